The van der Waals surface area contributed by atoms with Gasteiger partial charge in [-0.25, -0.2) is 4.39 Å². The van der Waals surface area contributed by atoms with E-state index in [1.165, 1.54) is 17.2 Å². The molecular weight excluding hydrogens is 261 g/mol. The Balaban J connectivity index is 2.09. The van der Waals surface area contributed by atoms with Gasteiger partial charge in [-0.15, -0.1) is 0 Å². The smallest absolute Gasteiger partial charge is 0.123 e. The number of hydrogen-bond acceptors (Lipinski definition) is 1. The van der Waals surface area contributed by atoms with Crippen LogP contribution < -0.4 is 5.32 Å². The van der Waals surface area contributed by atoms with Crippen molar-refractivity contribution in [1.82, 2.24) is 5.32 Å². The Morgan fingerprint density at radius 3 is 2.57 bits per heavy atom. The predicted octanol–water partition coefficient (Wildman–Crippen LogP) is 4.29. The minimum absolute atomic E-state index is 0.155. The van der Waals surface area contributed by atoms with E-state index in [4.69, 9.17) is 0 Å². The third-order valence-corrected chi connectivity index (χ3v) is 3.78. The second-order valence-electron chi connectivity index (χ2n) is 5.62. The molecule has 0 aliphatic carbocycles. The Bertz CT molecular complexity index is 565. The number of hydrogen-bond donors (Lipinski definition) is 1. The lowest BCUT2D eigenvalue weighted by atomic mass is 9.96. The molecule has 0 heterocycles. The van der Waals surface area contributed by atoms with Crippen molar-refractivity contribution in [3.05, 3.63) is 71.0 Å². The third-order valence-electron chi connectivity index (χ3n) is 3.78. The summed E-state index contributed by atoms with van der Waals surface area (Å²) in [5.41, 5.74) is 3.74. The normalized spacial score (nSPS) is 12.3. The largest absolute Gasteiger partial charge is 0.313 e. The average Bonchev–Trinajstić information content (AvgIpc) is 2.47. The number of aryl methyl sites for hydroxylation is 1. The van der Waals surface area contributed by atoms with E-state index in [0.29, 0.717) is 6.04 Å². The molecule has 0 aromatic heterocycles. The van der Waals surface area contributed by atoms with E-state index < -0.39 is 0 Å². The first-order valence-corrected chi connectivity index (χ1v) is 7.71. The van der Waals surface area contributed by atoms with Gasteiger partial charge in [-0.3, -0.25) is 0 Å². The molecule has 0 fully saturated rings. The van der Waals surface area contributed by atoms with E-state index in [-0.39, 0.29) is 5.82 Å². The third kappa shape index (κ3) is 4.98. The predicted molar refractivity (Wildman–Crippen MR) is 87.1 cm³/mol. The highest BCUT2D eigenvalue weighted by molar-refractivity contribution is 5.27. The summed E-state index contributed by atoms with van der Waals surface area (Å²) in [7, 11) is 0. The standard InChI is InChI=1S/C19H24FN/c1-3-11-21-19(13-16-8-6-10-18(20)12-16)14-17-9-5-4-7-15(17)2/h4-10,12,19,21H,3,11,13-14H2,1-2H3. The maximum atomic E-state index is 13.3. The van der Waals surface area contributed by atoms with Crippen LogP contribution in [0.4, 0.5) is 4.39 Å². The molecule has 0 aliphatic rings. The van der Waals surface area contributed by atoms with Gasteiger partial charge >= 0.3 is 0 Å². The molecule has 0 saturated carbocycles. The summed E-state index contributed by atoms with van der Waals surface area (Å²) in [5.74, 6) is -0.155. The summed E-state index contributed by atoms with van der Waals surface area (Å²) in [5, 5.41) is 3.59. The van der Waals surface area contributed by atoms with E-state index in [0.717, 1.165) is 31.4 Å². The Hall–Kier alpha value is -1.67. The number of benzene rings is 2. The molecule has 0 saturated heterocycles. The highest BCUT2D eigenvalue weighted by Gasteiger charge is 2.11. The second kappa shape index (κ2) is 7.94. The van der Waals surface area contributed by atoms with Crippen LogP contribution in [0.25, 0.3) is 0 Å². The Morgan fingerprint density at radius 1 is 1.05 bits per heavy atom. The van der Waals surface area contributed by atoms with Gasteiger partial charge in [0.05, 0.1) is 0 Å². The van der Waals surface area contributed by atoms with Crippen molar-refractivity contribution in [3.63, 3.8) is 0 Å². The molecular formula is C19H24FN. The minimum Gasteiger partial charge on any atom is -0.313 e. The fraction of sp³-hybridized carbons (Fsp3) is 0.368. The maximum absolute atomic E-state index is 13.3. The molecule has 2 aromatic rings. The fourth-order valence-corrected chi connectivity index (χ4v) is 2.62. The number of halogens is 1. The van der Waals surface area contributed by atoms with Crippen LogP contribution in [0.3, 0.4) is 0 Å². The summed E-state index contributed by atoms with van der Waals surface area (Å²) >= 11 is 0. The van der Waals surface area contributed by atoms with E-state index in [1.54, 1.807) is 12.1 Å². The Morgan fingerprint density at radius 2 is 1.86 bits per heavy atom. The molecule has 0 aliphatic heterocycles. The van der Waals surface area contributed by atoms with Gasteiger partial charge in [-0.2, -0.15) is 0 Å². The van der Waals surface area contributed by atoms with Crippen LogP contribution >= 0.6 is 0 Å². The molecule has 0 radical (unpaired) electrons. The van der Waals surface area contributed by atoms with Crippen LogP contribution in [0.15, 0.2) is 48.5 Å². The van der Waals surface area contributed by atoms with Crippen LogP contribution in [-0.4, -0.2) is 12.6 Å². The lowest BCUT2D eigenvalue weighted by Gasteiger charge is -2.20. The monoisotopic (exact) mass is 285 g/mol. The summed E-state index contributed by atoms with van der Waals surface area (Å²) in [6.07, 6.45) is 2.93. The van der Waals surface area contributed by atoms with Gasteiger partial charge in [-0.1, -0.05) is 43.3 Å². The molecule has 2 rings (SSSR count). The molecule has 21 heavy (non-hydrogen) atoms. The van der Waals surface area contributed by atoms with Crippen LogP contribution in [0.1, 0.15) is 30.0 Å². The number of nitrogens with one attached hydrogen (secondary N) is 1. The lowest BCUT2D eigenvalue weighted by molar-refractivity contribution is 0.502. The van der Waals surface area contributed by atoms with Gasteiger partial charge in [0.2, 0.25) is 0 Å². The molecule has 0 amide bonds. The van der Waals surface area contributed by atoms with Crippen LogP contribution in [0.2, 0.25) is 0 Å². The van der Waals surface area contributed by atoms with E-state index in [2.05, 4.69) is 43.4 Å². The second-order valence-corrected chi connectivity index (χ2v) is 5.62. The first kappa shape index (κ1) is 15.7. The Labute approximate surface area is 127 Å². The summed E-state index contributed by atoms with van der Waals surface area (Å²) in [6, 6.07) is 15.7. The van der Waals surface area contributed by atoms with Crippen molar-refractivity contribution in [3.8, 4) is 0 Å². The van der Waals surface area contributed by atoms with Crippen LogP contribution in [0, 0.1) is 12.7 Å². The summed E-state index contributed by atoms with van der Waals surface area (Å²) < 4.78 is 13.3. The van der Waals surface area contributed by atoms with Crippen molar-refractivity contribution < 1.29 is 4.39 Å². The maximum Gasteiger partial charge on any atom is 0.123 e. The highest BCUT2D eigenvalue weighted by Crippen LogP contribution is 2.14. The SMILES string of the molecule is CCCNC(Cc1cccc(F)c1)Cc1ccccc1C. The molecule has 0 spiro atoms. The zero-order valence-electron chi connectivity index (χ0n) is 12.9. The van der Waals surface area contributed by atoms with Crippen molar-refractivity contribution in [2.75, 3.05) is 6.54 Å². The summed E-state index contributed by atoms with van der Waals surface area (Å²) in [6.45, 7) is 5.31. The van der Waals surface area contributed by atoms with Gasteiger partial charge < -0.3 is 5.32 Å². The number of rotatable bonds is 7. The average molecular weight is 285 g/mol. The molecule has 1 unspecified atom stereocenters. The lowest BCUT2D eigenvalue weighted by Crippen LogP contribution is -2.34. The zero-order valence-corrected chi connectivity index (χ0v) is 12.9. The molecule has 2 heteroatoms. The highest BCUT2D eigenvalue weighted by atomic mass is 19.1. The van der Waals surface area contributed by atoms with Gasteiger partial charge in [0.15, 0.2) is 0 Å². The van der Waals surface area contributed by atoms with Crippen LogP contribution in [0.5, 0.6) is 0 Å². The van der Waals surface area contributed by atoms with Gasteiger partial charge in [0.1, 0.15) is 5.82 Å². The van der Waals surface area contributed by atoms with Crippen molar-refractivity contribution in [2.45, 2.75) is 39.2 Å². The van der Waals surface area contributed by atoms with Crippen molar-refractivity contribution in [1.29, 1.82) is 0 Å². The molecule has 112 valence electrons. The van der Waals surface area contributed by atoms with E-state index in [1.807, 2.05) is 6.07 Å². The summed E-state index contributed by atoms with van der Waals surface area (Å²) in [4.78, 5) is 0. The van der Waals surface area contributed by atoms with Crippen molar-refractivity contribution >= 4 is 0 Å². The van der Waals surface area contributed by atoms with Crippen molar-refractivity contribution in [2.24, 2.45) is 0 Å². The topological polar surface area (TPSA) is 12.0 Å². The molecule has 1 N–H and O–H groups in total. The van der Waals surface area contributed by atoms with Gasteiger partial charge in [-0.05, 0) is 61.6 Å². The van der Waals surface area contributed by atoms with E-state index >= 15 is 0 Å². The molecule has 1 atom stereocenters. The first-order chi connectivity index (χ1) is 10.2. The Kier molecular flexibility index (Phi) is 5.94. The van der Waals surface area contributed by atoms with Gasteiger partial charge in [0.25, 0.3) is 0 Å². The zero-order chi connectivity index (χ0) is 15.1. The quantitative estimate of drug-likeness (QED) is 0.800. The molecule has 0 bridgehead atoms. The van der Waals surface area contributed by atoms with E-state index in [9.17, 15) is 4.39 Å². The van der Waals surface area contributed by atoms with Gasteiger partial charge in [0, 0.05) is 6.04 Å². The minimum atomic E-state index is -0.155. The molecule has 2 aromatic carbocycles. The van der Waals surface area contributed by atoms with Crippen LogP contribution in [-0.2, 0) is 12.8 Å². The first-order valence-electron chi connectivity index (χ1n) is 7.71. The molecule has 1 nitrogen and oxygen atoms in total. The fourth-order valence-electron chi connectivity index (χ4n) is 2.62.